The summed E-state index contributed by atoms with van der Waals surface area (Å²) < 4.78 is 32.6. The normalized spacial score (nSPS) is 12.0. The monoisotopic (exact) mass is 601 g/mol. The maximum atomic E-state index is 12.9. The van der Waals surface area contributed by atoms with Crippen LogP contribution in [0.25, 0.3) is 0 Å². The number of sulfonamides is 1. The molecule has 1 aromatic rings. The van der Waals surface area contributed by atoms with Crippen LogP contribution in [0.2, 0.25) is 0 Å². The number of nitrogens with zero attached hydrogens (tertiary/aromatic N) is 3. The number of methoxy groups -OCH3 is 1. The van der Waals surface area contributed by atoms with E-state index in [1.807, 2.05) is 0 Å². The average molecular weight is 602 g/mol. The lowest BCUT2D eigenvalue weighted by molar-refractivity contribution is -0.144. The first-order valence-electron chi connectivity index (χ1n) is 12.1. The molecule has 0 unspecified atom stereocenters. The van der Waals surface area contributed by atoms with Crippen molar-refractivity contribution in [1.82, 2.24) is 9.62 Å². The van der Waals surface area contributed by atoms with Crippen molar-refractivity contribution in [2.24, 2.45) is 38.7 Å². The molecule has 1 amide bonds. The van der Waals surface area contributed by atoms with Crippen LogP contribution < -0.4 is 33.4 Å². The minimum atomic E-state index is -4.34. The van der Waals surface area contributed by atoms with Crippen LogP contribution in [0.4, 0.5) is 0 Å². The van der Waals surface area contributed by atoms with Crippen molar-refractivity contribution >= 4 is 46.1 Å². The van der Waals surface area contributed by atoms with Gasteiger partial charge < -0.3 is 48.2 Å². The zero-order valence-corrected chi connectivity index (χ0v) is 23.7. The Hall–Kier alpha value is -4.29. The first-order chi connectivity index (χ1) is 19.2. The third-order valence-corrected chi connectivity index (χ3v) is 6.57. The van der Waals surface area contributed by atoms with Crippen LogP contribution in [-0.2, 0) is 29.1 Å². The second-order valence-electron chi connectivity index (χ2n) is 8.45. The van der Waals surface area contributed by atoms with Gasteiger partial charge in [-0.25, -0.2) is 13.2 Å². The number of carboxylic acids is 1. The number of rotatable bonds is 16. The Bertz CT molecular complexity index is 1180. The van der Waals surface area contributed by atoms with Gasteiger partial charge in [0.05, 0.1) is 23.6 Å². The lowest BCUT2D eigenvalue weighted by atomic mass is 10.1. The molecule has 0 aliphatic heterocycles. The summed E-state index contributed by atoms with van der Waals surface area (Å²) in [6.45, 7) is 0.0445. The topological polar surface area (TPSA) is 302 Å². The number of guanidine groups is 2. The third-order valence-electron chi connectivity index (χ3n) is 5.04. The predicted molar refractivity (Wildman–Crippen MR) is 151 cm³/mol. The molecule has 1 rings (SSSR count). The van der Waals surface area contributed by atoms with Crippen LogP contribution in [-0.4, -0.2) is 100 Å². The molecule has 2 atom stereocenters. The molecule has 0 saturated heterocycles. The Morgan fingerprint density at radius 1 is 1.05 bits per heavy atom. The van der Waals surface area contributed by atoms with E-state index in [9.17, 15) is 27.6 Å². The van der Waals surface area contributed by atoms with Gasteiger partial charge in [-0.15, -0.1) is 0 Å². The van der Waals surface area contributed by atoms with Gasteiger partial charge in [-0.2, -0.15) is 4.72 Å². The molecule has 41 heavy (non-hydrogen) atoms. The van der Waals surface area contributed by atoms with Crippen LogP contribution in [0.5, 0.6) is 0 Å². The zero-order valence-electron chi connectivity index (χ0n) is 22.9. The summed E-state index contributed by atoms with van der Waals surface area (Å²) in [7, 11) is -2.00. The third kappa shape index (κ3) is 15.2. The minimum absolute atomic E-state index is 0.0147. The number of nitrogens with one attached hydrogen (secondary N) is 1. The Morgan fingerprint density at radius 2 is 1.59 bits per heavy atom. The van der Waals surface area contributed by atoms with E-state index in [-0.39, 0.29) is 47.8 Å². The van der Waals surface area contributed by atoms with E-state index in [0.29, 0.717) is 13.0 Å². The molecule has 0 fully saturated rings. The number of carbonyl (C=O) groups excluding carboxylic acids is 3. The van der Waals surface area contributed by atoms with E-state index in [2.05, 4.69) is 19.4 Å². The first-order valence-corrected chi connectivity index (χ1v) is 13.6. The number of benzene rings is 1. The lowest BCUT2D eigenvalue weighted by Gasteiger charge is -2.23. The Labute approximate surface area is 238 Å². The molecule has 17 nitrogen and oxygen atoms in total. The highest BCUT2D eigenvalue weighted by atomic mass is 32.2. The van der Waals surface area contributed by atoms with Crippen LogP contribution in [0.1, 0.15) is 36.0 Å². The Morgan fingerprint density at radius 3 is 2.07 bits per heavy atom. The smallest absolute Gasteiger partial charge is 0.339 e. The largest absolute Gasteiger partial charge is 0.480 e. The summed E-state index contributed by atoms with van der Waals surface area (Å²) in [5.74, 6) is -2.97. The first kappa shape index (κ1) is 36.7. The molecule has 0 aromatic heterocycles. The number of carboxylic acid groups (broad SMARTS) is 1. The number of esters is 1. The van der Waals surface area contributed by atoms with Crippen molar-refractivity contribution in [2.75, 3.05) is 33.8 Å². The lowest BCUT2D eigenvalue weighted by Crippen LogP contribution is -2.48. The number of ether oxygens (including phenoxy) is 1. The second-order valence-corrected chi connectivity index (χ2v) is 10.1. The van der Waals surface area contributed by atoms with Gasteiger partial charge >= 0.3 is 11.9 Å². The van der Waals surface area contributed by atoms with E-state index < -0.39 is 40.5 Å². The van der Waals surface area contributed by atoms with Gasteiger partial charge in [0.25, 0.3) is 0 Å². The van der Waals surface area contributed by atoms with E-state index in [1.54, 1.807) is 0 Å². The van der Waals surface area contributed by atoms with Gasteiger partial charge in [-0.3, -0.25) is 19.6 Å². The number of aliphatic carboxylic acids is 1. The fraction of sp³-hybridized carbons (Fsp3) is 0.478. The maximum absolute atomic E-state index is 12.9. The molecular weight excluding hydrogens is 562 g/mol. The molecule has 18 heteroatoms. The predicted octanol–water partition coefficient (Wildman–Crippen LogP) is -2.72. The summed E-state index contributed by atoms with van der Waals surface area (Å²) in [6, 6.07) is 3.64. The van der Waals surface area contributed by atoms with Gasteiger partial charge in [-0.05, 0) is 37.8 Å². The highest BCUT2D eigenvalue weighted by Gasteiger charge is 2.30. The van der Waals surface area contributed by atoms with Gasteiger partial charge in [0.15, 0.2) is 11.9 Å². The van der Waals surface area contributed by atoms with Gasteiger partial charge in [0.2, 0.25) is 15.9 Å². The fourth-order valence-corrected chi connectivity index (χ4v) is 4.54. The van der Waals surface area contributed by atoms with Crippen molar-refractivity contribution in [1.29, 1.82) is 0 Å². The fourth-order valence-electron chi connectivity index (χ4n) is 3.12. The van der Waals surface area contributed by atoms with Gasteiger partial charge in [0.1, 0.15) is 18.9 Å². The molecule has 0 spiro atoms. The van der Waals surface area contributed by atoms with E-state index in [4.69, 9.17) is 33.8 Å². The number of aliphatic imine (C=N–C) groups is 2. The van der Waals surface area contributed by atoms with Gasteiger partial charge in [0, 0.05) is 20.1 Å². The Balaban J connectivity index is 0.00000122. The SMILES string of the molecule is COC(=O)c1ccccc1S(=O)(=O)N[C@H](CCCN=C(N)N)C(=O)N(C)CC(=O)O.NC(N)=NCCC[C@H](N)C=O. The number of nitrogens with two attached hydrogens (primary N) is 5. The molecule has 0 heterocycles. The van der Waals surface area contributed by atoms with Crippen LogP contribution >= 0.6 is 0 Å². The van der Waals surface area contributed by atoms with E-state index in [1.165, 1.54) is 31.3 Å². The van der Waals surface area contributed by atoms with E-state index in [0.717, 1.165) is 24.7 Å². The van der Waals surface area contributed by atoms with Crippen LogP contribution in [0.15, 0.2) is 39.1 Å². The Kier molecular flexibility index (Phi) is 16.9. The van der Waals surface area contributed by atoms with Crippen molar-refractivity contribution in [2.45, 2.75) is 42.7 Å². The number of hydrogen-bond donors (Lipinski definition) is 7. The van der Waals surface area contributed by atoms with Crippen molar-refractivity contribution < 1.29 is 37.4 Å². The molecule has 230 valence electrons. The molecule has 0 bridgehead atoms. The minimum Gasteiger partial charge on any atom is -0.480 e. The van der Waals surface area contributed by atoms with Crippen molar-refractivity contribution in [3.63, 3.8) is 0 Å². The average Bonchev–Trinajstić information content (AvgIpc) is 2.91. The highest BCUT2D eigenvalue weighted by molar-refractivity contribution is 7.89. The maximum Gasteiger partial charge on any atom is 0.339 e. The molecule has 0 radical (unpaired) electrons. The summed E-state index contributed by atoms with van der Waals surface area (Å²) in [5, 5.41) is 8.90. The number of amides is 1. The number of hydrogen-bond acceptors (Lipinski definition) is 10. The summed E-state index contributed by atoms with van der Waals surface area (Å²) in [5.41, 5.74) is 25.7. The summed E-state index contributed by atoms with van der Waals surface area (Å²) in [6.07, 6.45) is 2.29. The van der Waals surface area contributed by atoms with Crippen LogP contribution in [0.3, 0.4) is 0 Å². The van der Waals surface area contributed by atoms with Gasteiger partial charge in [-0.1, -0.05) is 12.1 Å². The molecule has 0 aliphatic rings. The quantitative estimate of drug-likeness (QED) is 0.0333. The second kappa shape index (κ2) is 18.9. The van der Waals surface area contributed by atoms with Crippen LogP contribution in [0, 0.1) is 0 Å². The highest BCUT2D eigenvalue weighted by Crippen LogP contribution is 2.18. The molecule has 0 aliphatic carbocycles. The number of aldehydes is 1. The molecular formula is C23H39N9O8S. The van der Waals surface area contributed by atoms with Crippen molar-refractivity contribution in [3.8, 4) is 0 Å². The number of likely N-dealkylation sites (N-methyl/N-ethyl adjacent to an activating group) is 1. The molecule has 0 saturated carbocycles. The standard InChI is InChI=1S/C17H25N5O7S.C6H14N4O/c1-22(10-14(23)24)15(25)12(7-5-9-20-17(18)19)21-30(27,28)13-8-4-3-6-11(13)16(26)29-2;7-5(4-11)2-1-3-10-6(8)9/h3-4,6,8,12,21H,5,7,9-10H2,1-2H3,(H,23,24)(H4,18,19,20);4-5H,1-3,7H2,(H4,8,9,10)/t12-;5-/m10/s1. The zero-order chi connectivity index (χ0) is 31.6. The van der Waals surface area contributed by atoms with Crippen molar-refractivity contribution in [3.05, 3.63) is 29.8 Å². The molecule has 12 N–H and O–H groups in total. The number of carbonyl (C=O) groups is 4. The summed E-state index contributed by atoms with van der Waals surface area (Å²) in [4.78, 5) is 53.5. The summed E-state index contributed by atoms with van der Waals surface area (Å²) >= 11 is 0. The van der Waals surface area contributed by atoms with E-state index >= 15 is 0 Å². The molecule has 1 aromatic carbocycles.